The lowest BCUT2D eigenvalue weighted by atomic mass is 10.1. The third kappa shape index (κ3) is 6.69. The molecule has 1 aromatic rings. The smallest absolute Gasteiger partial charge is 0.422 e. The van der Waals surface area contributed by atoms with Gasteiger partial charge in [0.2, 0.25) is 11.8 Å². The lowest BCUT2D eigenvalue weighted by molar-refractivity contribution is -0.154. The lowest BCUT2D eigenvalue weighted by Gasteiger charge is -2.28. The third-order valence-electron chi connectivity index (χ3n) is 3.49. The molecule has 1 aromatic heterocycles. The number of aromatic nitrogens is 1. The molecule has 0 radical (unpaired) electrons. The summed E-state index contributed by atoms with van der Waals surface area (Å²) in [4.78, 5) is 17.3. The summed E-state index contributed by atoms with van der Waals surface area (Å²) in [6.45, 7) is -0.259. The zero-order chi connectivity index (χ0) is 17.6. The molecular formula is C15H19F4N3O2. The van der Waals surface area contributed by atoms with Gasteiger partial charge >= 0.3 is 6.18 Å². The molecule has 1 atom stereocenters. The highest BCUT2D eigenvalue weighted by molar-refractivity contribution is 5.78. The number of piperidine rings is 1. The summed E-state index contributed by atoms with van der Waals surface area (Å²) in [5.74, 6) is -0.422. The van der Waals surface area contributed by atoms with E-state index in [1.807, 2.05) is 0 Å². The molecule has 9 heteroatoms. The number of carbonyl (C=O) groups is 1. The van der Waals surface area contributed by atoms with Gasteiger partial charge in [-0.05, 0) is 31.0 Å². The van der Waals surface area contributed by atoms with E-state index in [0.717, 1.165) is 6.42 Å². The van der Waals surface area contributed by atoms with Gasteiger partial charge in [0.25, 0.3) is 0 Å². The first kappa shape index (κ1) is 18.4. The number of halogens is 4. The Morgan fingerprint density at radius 3 is 2.96 bits per heavy atom. The van der Waals surface area contributed by atoms with Crippen molar-refractivity contribution in [2.75, 3.05) is 26.2 Å². The fourth-order valence-electron chi connectivity index (χ4n) is 2.40. The zero-order valence-electron chi connectivity index (χ0n) is 13.0. The van der Waals surface area contributed by atoms with Gasteiger partial charge in [0.15, 0.2) is 6.61 Å². The molecule has 134 valence electrons. The number of hydrogen-bond acceptors (Lipinski definition) is 4. The number of hydrogen-bond donors (Lipinski definition) is 1. The topological polar surface area (TPSA) is 54.5 Å². The maximum Gasteiger partial charge on any atom is 0.422 e. The van der Waals surface area contributed by atoms with E-state index in [2.05, 4.69) is 15.0 Å². The Balaban J connectivity index is 1.77. The van der Waals surface area contributed by atoms with Crippen molar-refractivity contribution in [2.24, 2.45) is 0 Å². The van der Waals surface area contributed by atoms with Crippen LogP contribution in [0, 0.1) is 0 Å². The minimum Gasteiger partial charge on any atom is -0.468 e. The van der Waals surface area contributed by atoms with Crippen LogP contribution in [0.25, 0.3) is 0 Å². The monoisotopic (exact) mass is 349 g/mol. The summed E-state index contributed by atoms with van der Waals surface area (Å²) in [5, 5.41) is 2.65. The first-order valence-electron chi connectivity index (χ1n) is 7.59. The highest BCUT2D eigenvalue weighted by Gasteiger charge is 2.28. The maximum atomic E-state index is 13.3. The Kier molecular flexibility index (Phi) is 6.36. The minimum atomic E-state index is -4.44. The van der Waals surface area contributed by atoms with Crippen molar-refractivity contribution in [1.29, 1.82) is 0 Å². The average Bonchev–Trinajstić information content (AvgIpc) is 2.51. The molecule has 1 amide bonds. The van der Waals surface area contributed by atoms with Crippen LogP contribution in [-0.2, 0) is 11.3 Å². The van der Waals surface area contributed by atoms with E-state index in [9.17, 15) is 22.4 Å². The van der Waals surface area contributed by atoms with Crippen LogP contribution in [-0.4, -0.2) is 54.4 Å². The van der Waals surface area contributed by atoms with Gasteiger partial charge in [0, 0.05) is 25.4 Å². The van der Waals surface area contributed by atoms with Crippen molar-refractivity contribution in [3.63, 3.8) is 0 Å². The largest absolute Gasteiger partial charge is 0.468 e. The van der Waals surface area contributed by atoms with Crippen LogP contribution >= 0.6 is 0 Å². The number of carbonyl (C=O) groups excluding carboxylic acids is 1. The number of rotatable bonds is 6. The molecule has 0 saturated carbocycles. The van der Waals surface area contributed by atoms with E-state index in [1.54, 1.807) is 11.0 Å². The average molecular weight is 349 g/mol. The Morgan fingerprint density at radius 1 is 1.46 bits per heavy atom. The molecule has 1 aliphatic rings. The van der Waals surface area contributed by atoms with Crippen molar-refractivity contribution >= 4 is 5.91 Å². The molecule has 0 unspecified atom stereocenters. The van der Waals surface area contributed by atoms with Crippen LogP contribution in [0.5, 0.6) is 5.88 Å². The predicted molar refractivity (Wildman–Crippen MR) is 78.2 cm³/mol. The van der Waals surface area contributed by atoms with Crippen molar-refractivity contribution in [3.05, 3.63) is 23.9 Å². The molecule has 2 rings (SSSR count). The standard InChI is InChI=1S/C15H19F4N3O2/c16-12-2-1-5-22(8-12)9-13(23)21-7-11-3-4-20-14(6-11)24-10-15(17,18)19/h3-4,6,12H,1-2,5,7-10H2,(H,21,23)/t12-/m0/s1. The summed E-state index contributed by atoms with van der Waals surface area (Å²) >= 11 is 0. The van der Waals surface area contributed by atoms with Crippen molar-refractivity contribution in [2.45, 2.75) is 31.7 Å². The van der Waals surface area contributed by atoms with Gasteiger partial charge in [0.05, 0.1) is 6.54 Å². The number of likely N-dealkylation sites (tertiary alicyclic amines) is 1. The zero-order valence-corrected chi connectivity index (χ0v) is 13.0. The summed E-state index contributed by atoms with van der Waals surface area (Å²) in [7, 11) is 0. The second-order valence-corrected chi connectivity index (χ2v) is 5.66. The first-order chi connectivity index (χ1) is 11.3. The number of ether oxygens (including phenoxy) is 1. The molecule has 1 saturated heterocycles. The molecule has 24 heavy (non-hydrogen) atoms. The highest BCUT2D eigenvalue weighted by atomic mass is 19.4. The van der Waals surface area contributed by atoms with Crippen molar-refractivity contribution < 1.29 is 27.1 Å². The SMILES string of the molecule is O=C(CN1CCC[C@H](F)C1)NCc1ccnc(OCC(F)(F)F)c1. The van der Waals surface area contributed by atoms with Crippen LogP contribution in [0.4, 0.5) is 17.6 Å². The Hall–Kier alpha value is -1.90. The second kappa shape index (κ2) is 8.27. The fourth-order valence-corrected chi connectivity index (χ4v) is 2.40. The maximum absolute atomic E-state index is 13.3. The van der Waals surface area contributed by atoms with E-state index < -0.39 is 19.0 Å². The van der Waals surface area contributed by atoms with E-state index in [1.165, 1.54) is 12.3 Å². The number of pyridine rings is 1. The van der Waals surface area contributed by atoms with Crippen LogP contribution in [0.2, 0.25) is 0 Å². The molecule has 0 aromatic carbocycles. The summed E-state index contributed by atoms with van der Waals surface area (Å²) in [6, 6.07) is 2.91. The predicted octanol–water partition coefficient (Wildman–Crippen LogP) is 2.07. The van der Waals surface area contributed by atoms with Gasteiger partial charge in [-0.3, -0.25) is 9.69 Å². The van der Waals surface area contributed by atoms with E-state index in [-0.39, 0.29) is 31.4 Å². The molecule has 0 aliphatic carbocycles. The van der Waals surface area contributed by atoms with E-state index in [0.29, 0.717) is 18.5 Å². The number of nitrogens with zero attached hydrogens (tertiary/aromatic N) is 2. The van der Waals surface area contributed by atoms with Crippen LogP contribution in [0.1, 0.15) is 18.4 Å². The quantitative estimate of drug-likeness (QED) is 0.799. The Morgan fingerprint density at radius 2 is 2.25 bits per heavy atom. The number of nitrogens with one attached hydrogen (secondary N) is 1. The Labute approximate surface area is 137 Å². The van der Waals surface area contributed by atoms with Crippen LogP contribution < -0.4 is 10.1 Å². The third-order valence-corrected chi connectivity index (χ3v) is 3.49. The molecular weight excluding hydrogens is 330 g/mol. The summed E-state index contributed by atoms with van der Waals surface area (Å²) < 4.78 is 54.1. The molecule has 1 fully saturated rings. The summed E-state index contributed by atoms with van der Waals surface area (Å²) in [5.41, 5.74) is 0.567. The molecule has 0 bridgehead atoms. The number of amides is 1. The molecule has 1 N–H and O–H groups in total. The summed E-state index contributed by atoms with van der Waals surface area (Å²) in [6.07, 6.45) is -2.78. The van der Waals surface area contributed by atoms with E-state index in [4.69, 9.17) is 0 Å². The van der Waals surface area contributed by atoms with E-state index >= 15 is 0 Å². The molecule has 1 aliphatic heterocycles. The minimum absolute atomic E-state index is 0.100. The number of alkyl halides is 4. The second-order valence-electron chi connectivity index (χ2n) is 5.66. The van der Waals surface area contributed by atoms with Gasteiger partial charge in [0.1, 0.15) is 6.17 Å². The van der Waals surface area contributed by atoms with Gasteiger partial charge in [-0.1, -0.05) is 0 Å². The van der Waals surface area contributed by atoms with Crippen LogP contribution in [0.15, 0.2) is 18.3 Å². The van der Waals surface area contributed by atoms with Gasteiger partial charge in [-0.15, -0.1) is 0 Å². The van der Waals surface area contributed by atoms with Gasteiger partial charge in [-0.25, -0.2) is 9.37 Å². The normalized spacial score (nSPS) is 19.1. The van der Waals surface area contributed by atoms with Crippen molar-refractivity contribution in [1.82, 2.24) is 15.2 Å². The fraction of sp³-hybridized carbons (Fsp3) is 0.600. The van der Waals surface area contributed by atoms with Crippen LogP contribution in [0.3, 0.4) is 0 Å². The highest BCUT2D eigenvalue weighted by Crippen LogP contribution is 2.17. The molecule has 2 heterocycles. The first-order valence-corrected chi connectivity index (χ1v) is 7.59. The Bertz CT molecular complexity index is 554. The van der Waals surface area contributed by atoms with Gasteiger partial charge in [-0.2, -0.15) is 13.2 Å². The molecule has 5 nitrogen and oxygen atoms in total. The van der Waals surface area contributed by atoms with Crippen molar-refractivity contribution in [3.8, 4) is 5.88 Å². The molecule has 0 spiro atoms. The lowest BCUT2D eigenvalue weighted by Crippen LogP contribution is -2.43. The van der Waals surface area contributed by atoms with Gasteiger partial charge < -0.3 is 10.1 Å².